The second-order valence-electron chi connectivity index (χ2n) is 8.37. The van der Waals surface area contributed by atoms with Crippen LogP contribution >= 0.6 is 0 Å². The van der Waals surface area contributed by atoms with Gasteiger partial charge in [-0.25, -0.2) is 9.97 Å². The Morgan fingerprint density at radius 1 is 1.14 bits per heavy atom. The molecule has 2 aromatic rings. The Bertz CT molecular complexity index is 843. The van der Waals surface area contributed by atoms with Crippen LogP contribution < -0.4 is 4.90 Å². The molecule has 7 heteroatoms. The van der Waals surface area contributed by atoms with E-state index in [9.17, 15) is 18.3 Å². The number of benzene rings is 1. The highest BCUT2D eigenvalue weighted by atomic mass is 19.4. The molecule has 1 saturated heterocycles. The third-order valence-electron chi connectivity index (χ3n) is 5.75. The van der Waals surface area contributed by atoms with E-state index in [-0.39, 0.29) is 6.61 Å². The molecule has 1 aromatic carbocycles. The van der Waals surface area contributed by atoms with Gasteiger partial charge in [0, 0.05) is 36.9 Å². The number of nitrogens with zero attached hydrogens (tertiary/aromatic N) is 3. The summed E-state index contributed by atoms with van der Waals surface area (Å²) in [5.74, 6) is 1.92. The Morgan fingerprint density at radius 2 is 1.83 bits per heavy atom. The molecule has 1 aliphatic heterocycles. The second kappa shape index (κ2) is 8.30. The van der Waals surface area contributed by atoms with Crippen LogP contribution in [0.3, 0.4) is 0 Å². The predicted octanol–water partition coefficient (Wildman–Crippen LogP) is 4.75. The summed E-state index contributed by atoms with van der Waals surface area (Å²) < 4.78 is 39.0. The fraction of sp³-hybridized carbons (Fsp3) is 0.545. The maximum atomic E-state index is 13.0. The van der Waals surface area contributed by atoms with Gasteiger partial charge in [-0.1, -0.05) is 32.0 Å². The number of halogens is 3. The van der Waals surface area contributed by atoms with Crippen molar-refractivity contribution < 1.29 is 18.3 Å². The van der Waals surface area contributed by atoms with E-state index in [0.29, 0.717) is 43.8 Å². The van der Waals surface area contributed by atoms with Crippen LogP contribution in [0.5, 0.6) is 0 Å². The second-order valence-corrected chi connectivity index (χ2v) is 8.37. The van der Waals surface area contributed by atoms with Gasteiger partial charge in [0.1, 0.15) is 11.6 Å². The molecule has 158 valence electrons. The Hall–Kier alpha value is -2.15. The number of aliphatic hydroxyl groups excluding tert-OH is 1. The smallest absolute Gasteiger partial charge is 0.396 e. The number of hydrogen-bond donors (Lipinski definition) is 1. The predicted molar refractivity (Wildman–Crippen MR) is 107 cm³/mol. The van der Waals surface area contributed by atoms with Crippen LogP contribution in [0.4, 0.5) is 19.0 Å². The van der Waals surface area contributed by atoms with E-state index < -0.39 is 17.2 Å². The lowest BCUT2D eigenvalue weighted by molar-refractivity contribution is -0.137. The summed E-state index contributed by atoms with van der Waals surface area (Å²) in [7, 11) is 0. The molecule has 1 aliphatic rings. The van der Waals surface area contributed by atoms with Gasteiger partial charge >= 0.3 is 6.18 Å². The molecule has 0 unspecified atom stereocenters. The lowest BCUT2D eigenvalue weighted by Crippen LogP contribution is -2.43. The quantitative estimate of drug-likeness (QED) is 0.777. The van der Waals surface area contributed by atoms with E-state index in [0.717, 1.165) is 23.4 Å². The zero-order chi connectivity index (χ0) is 21.2. The molecule has 0 spiro atoms. The lowest BCUT2D eigenvalue weighted by atomic mass is 9.74. The topological polar surface area (TPSA) is 49.2 Å². The number of anilines is 1. The zero-order valence-electron chi connectivity index (χ0n) is 17.1. The minimum atomic E-state index is -4.36. The van der Waals surface area contributed by atoms with Gasteiger partial charge in [0.2, 0.25) is 0 Å². The summed E-state index contributed by atoms with van der Waals surface area (Å²) in [5, 5.41) is 10.1. The number of aliphatic hydroxyl groups is 1. The largest absolute Gasteiger partial charge is 0.416 e. The molecule has 3 rings (SSSR count). The maximum absolute atomic E-state index is 13.0. The summed E-state index contributed by atoms with van der Waals surface area (Å²) in [6.07, 6.45) is -2.54. The van der Waals surface area contributed by atoms with Crippen molar-refractivity contribution in [2.75, 3.05) is 24.6 Å². The first-order valence-electron chi connectivity index (χ1n) is 9.99. The number of piperidine rings is 1. The van der Waals surface area contributed by atoms with E-state index >= 15 is 0 Å². The van der Waals surface area contributed by atoms with E-state index in [1.807, 2.05) is 13.0 Å². The molecular formula is C22H28F3N3O. The van der Waals surface area contributed by atoms with Crippen LogP contribution in [-0.2, 0) is 12.6 Å². The Balaban J connectivity index is 1.74. The van der Waals surface area contributed by atoms with Crippen LogP contribution in [0.15, 0.2) is 30.3 Å². The van der Waals surface area contributed by atoms with Gasteiger partial charge in [0.05, 0.1) is 5.56 Å². The standard InChI is InChI=1S/C22H28F3N3O/c1-15(2)19-12-20(27-16(3)26-19)28-9-7-21(14-29,8-10-28)13-17-5-4-6-18(11-17)22(23,24)25/h4-6,11-12,15,29H,7-10,13-14H2,1-3H3. The molecule has 0 atom stereocenters. The fourth-order valence-corrected chi connectivity index (χ4v) is 3.92. The summed E-state index contributed by atoms with van der Waals surface area (Å²) >= 11 is 0. The SMILES string of the molecule is Cc1nc(C(C)C)cc(N2CCC(CO)(Cc3cccc(C(F)(F)F)c3)CC2)n1. The first kappa shape index (κ1) is 21.6. The van der Waals surface area contributed by atoms with Gasteiger partial charge in [-0.3, -0.25) is 0 Å². The van der Waals surface area contributed by atoms with Gasteiger partial charge in [0.25, 0.3) is 0 Å². The van der Waals surface area contributed by atoms with E-state index in [1.165, 1.54) is 12.1 Å². The number of rotatable bonds is 5. The summed E-state index contributed by atoms with van der Waals surface area (Å²) in [6, 6.07) is 7.45. The molecule has 0 saturated carbocycles. The molecule has 1 N–H and O–H groups in total. The molecular weight excluding hydrogens is 379 g/mol. The first-order valence-corrected chi connectivity index (χ1v) is 9.99. The minimum Gasteiger partial charge on any atom is -0.396 e. The molecule has 29 heavy (non-hydrogen) atoms. The van der Waals surface area contributed by atoms with Crippen LogP contribution in [0.25, 0.3) is 0 Å². The Kier molecular flexibility index (Phi) is 6.17. The van der Waals surface area contributed by atoms with Gasteiger partial charge in [-0.05, 0) is 43.7 Å². The molecule has 0 radical (unpaired) electrons. The number of alkyl halides is 3. The van der Waals surface area contributed by atoms with Crippen molar-refractivity contribution in [3.05, 3.63) is 53.0 Å². The van der Waals surface area contributed by atoms with Crippen molar-refractivity contribution in [1.29, 1.82) is 0 Å². The van der Waals surface area contributed by atoms with Gasteiger partial charge in [0.15, 0.2) is 0 Å². The van der Waals surface area contributed by atoms with Crippen LogP contribution in [0.2, 0.25) is 0 Å². The molecule has 0 amide bonds. The number of aryl methyl sites for hydroxylation is 1. The monoisotopic (exact) mass is 407 g/mol. The van der Waals surface area contributed by atoms with E-state index in [4.69, 9.17) is 0 Å². The van der Waals surface area contributed by atoms with E-state index in [2.05, 4.69) is 28.7 Å². The summed E-state index contributed by atoms with van der Waals surface area (Å²) in [4.78, 5) is 11.2. The number of hydrogen-bond acceptors (Lipinski definition) is 4. The van der Waals surface area contributed by atoms with Crippen LogP contribution in [-0.4, -0.2) is 34.8 Å². The van der Waals surface area contributed by atoms with Crippen molar-refractivity contribution in [2.24, 2.45) is 5.41 Å². The minimum absolute atomic E-state index is 0.0445. The molecule has 0 bridgehead atoms. The highest BCUT2D eigenvalue weighted by molar-refractivity contribution is 5.41. The zero-order valence-corrected chi connectivity index (χ0v) is 17.1. The molecule has 4 nitrogen and oxygen atoms in total. The number of aromatic nitrogens is 2. The molecule has 1 fully saturated rings. The fourth-order valence-electron chi connectivity index (χ4n) is 3.92. The summed E-state index contributed by atoms with van der Waals surface area (Å²) in [6.45, 7) is 7.42. The Labute approximate surface area is 169 Å². The highest BCUT2D eigenvalue weighted by Gasteiger charge is 2.36. The van der Waals surface area contributed by atoms with Crippen LogP contribution in [0, 0.1) is 12.3 Å². The van der Waals surface area contributed by atoms with E-state index in [1.54, 1.807) is 6.07 Å². The van der Waals surface area contributed by atoms with Gasteiger partial charge < -0.3 is 10.0 Å². The van der Waals surface area contributed by atoms with Crippen molar-refractivity contribution in [1.82, 2.24) is 9.97 Å². The van der Waals surface area contributed by atoms with Gasteiger partial charge in [-0.15, -0.1) is 0 Å². The third kappa shape index (κ3) is 5.07. The van der Waals surface area contributed by atoms with Crippen LogP contribution in [0.1, 0.15) is 55.3 Å². The maximum Gasteiger partial charge on any atom is 0.416 e. The average Bonchev–Trinajstić information content (AvgIpc) is 2.67. The lowest BCUT2D eigenvalue weighted by Gasteiger charge is -2.41. The third-order valence-corrected chi connectivity index (χ3v) is 5.75. The normalized spacial score (nSPS) is 17.0. The Morgan fingerprint density at radius 3 is 2.41 bits per heavy atom. The molecule has 2 heterocycles. The van der Waals surface area contributed by atoms with Gasteiger partial charge in [-0.2, -0.15) is 13.2 Å². The van der Waals surface area contributed by atoms with Crippen molar-refractivity contribution >= 4 is 5.82 Å². The van der Waals surface area contributed by atoms with Crippen molar-refractivity contribution in [2.45, 2.75) is 52.1 Å². The first-order chi connectivity index (χ1) is 13.6. The van der Waals surface area contributed by atoms with Crippen molar-refractivity contribution in [3.8, 4) is 0 Å². The average molecular weight is 407 g/mol. The van der Waals surface area contributed by atoms with Crippen molar-refractivity contribution in [3.63, 3.8) is 0 Å². The molecule has 1 aromatic heterocycles. The molecule has 0 aliphatic carbocycles. The summed E-state index contributed by atoms with van der Waals surface area (Å²) in [5.41, 5.74) is 0.555. The highest BCUT2D eigenvalue weighted by Crippen LogP contribution is 2.37.